The molecule has 1 aliphatic carbocycles. The smallest absolute Gasteiger partial charge is 0.243 e. The zero-order valence-electron chi connectivity index (χ0n) is 16.7. The molecule has 1 amide bonds. The summed E-state index contributed by atoms with van der Waals surface area (Å²) in [6, 6.07) is 0. The first-order chi connectivity index (χ1) is 12.6. The second kappa shape index (κ2) is 10.6. The Hall–Kier alpha value is -1.56. The molecular formula is C20H37N5O. The van der Waals surface area contributed by atoms with E-state index < -0.39 is 0 Å². The molecule has 26 heavy (non-hydrogen) atoms. The molecule has 148 valence electrons. The van der Waals surface area contributed by atoms with Gasteiger partial charge in [0.25, 0.3) is 0 Å². The summed E-state index contributed by atoms with van der Waals surface area (Å²) in [6.45, 7) is 7.89. The molecule has 1 saturated heterocycles. The summed E-state index contributed by atoms with van der Waals surface area (Å²) in [4.78, 5) is 20.6. The molecule has 2 N–H and O–H groups in total. The molecule has 0 radical (unpaired) electrons. The SMILES string of the molecule is C=CCNC(=NCC(=O)N(C)C)NCC1(N2CCCCC2)CCCCC1. The molecule has 0 spiro atoms. The fourth-order valence-corrected chi connectivity index (χ4v) is 4.06. The third-order valence-corrected chi connectivity index (χ3v) is 5.68. The van der Waals surface area contributed by atoms with Gasteiger partial charge in [0.05, 0.1) is 0 Å². The number of carbonyl (C=O) groups is 1. The van der Waals surface area contributed by atoms with Crippen LogP contribution in [0.1, 0.15) is 51.4 Å². The summed E-state index contributed by atoms with van der Waals surface area (Å²) >= 11 is 0. The maximum atomic E-state index is 11.9. The lowest BCUT2D eigenvalue weighted by Crippen LogP contribution is -2.59. The summed E-state index contributed by atoms with van der Waals surface area (Å²) in [5.41, 5.74) is 0.237. The third kappa shape index (κ3) is 6.01. The Morgan fingerprint density at radius 1 is 1.12 bits per heavy atom. The molecule has 1 saturated carbocycles. The van der Waals surface area contributed by atoms with E-state index in [-0.39, 0.29) is 18.0 Å². The number of rotatable bonds is 7. The zero-order valence-corrected chi connectivity index (χ0v) is 16.7. The highest BCUT2D eigenvalue weighted by Gasteiger charge is 2.38. The number of nitrogens with one attached hydrogen (secondary N) is 2. The van der Waals surface area contributed by atoms with Crippen LogP contribution in [0.15, 0.2) is 17.6 Å². The third-order valence-electron chi connectivity index (χ3n) is 5.68. The van der Waals surface area contributed by atoms with Crippen LogP contribution in [0, 0.1) is 0 Å². The zero-order chi connectivity index (χ0) is 18.8. The van der Waals surface area contributed by atoms with Crippen LogP contribution in [-0.4, -0.2) is 74.0 Å². The number of carbonyl (C=O) groups excluding carboxylic acids is 1. The van der Waals surface area contributed by atoms with Gasteiger partial charge in [-0.15, -0.1) is 6.58 Å². The number of hydrogen-bond acceptors (Lipinski definition) is 3. The molecule has 1 heterocycles. The van der Waals surface area contributed by atoms with Crippen molar-refractivity contribution in [2.24, 2.45) is 4.99 Å². The monoisotopic (exact) mass is 363 g/mol. The molecule has 0 unspecified atom stereocenters. The second-order valence-corrected chi connectivity index (χ2v) is 7.81. The number of likely N-dealkylation sites (N-methyl/N-ethyl adjacent to an activating group) is 1. The van der Waals surface area contributed by atoms with E-state index >= 15 is 0 Å². The second-order valence-electron chi connectivity index (χ2n) is 7.81. The van der Waals surface area contributed by atoms with Crippen LogP contribution in [0.5, 0.6) is 0 Å². The van der Waals surface area contributed by atoms with Gasteiger partial charge in [0.15, 0.2) is 5.96 Å². The van der Waals surface area contributed by atoms with Crippen LogP contribution >= 0.6 is 0 Å². The molecule has 2 rings (SSSR count). The molecule has 0 bridgehead atoms. The van der Waals surface area contributed by atoms with Crippen LogP contribution < -0.4 is 10.6 Å². The van der Waals surface area contributed by atoms with Gasteiger partial charge in [-0.2, -0.15) is 0 Å². The Labute approximate surface area is 159 Å². The molecule has 1 aliphatic heterocycles. The average molecular weight is 364 g/mol. The molecule has 0 aromatic heterocycles. The Morgan fingerprint density at radius 2 is 1.77 bits per heavy atom. The first kappa shape index (κ1) is 20.7. The minimum atomic E-state index is 0.00751. The van der Waals surface area contributed by atoms with Crippen molar-refractivity contribution in [3.63, 3.8) is 0 Å². The Balaban J connectivity index is 2.02. The minimum absolute atomic E-state index is 0.00751. The van der Waals surface area contributed by atoms with Crippen molar-refractivity contribution in [1.29, 1.82) is 0 Å². The van der Waals surface area contributed by atoms with Gasteiger partial charge in [-0.05, 0) is 38.8 Å². The summed E-state index contributed by atoms with van der Waals surface area (Å²) in [6.07, 6.45) is 12.3. The van der Waals surface area contributed by atoms with E-state index in [1.807, 2.05) is 6.08 Å². The first-order valence-electron chi connectivity index (χ1n) is 10.2. The van der Waals surface area contributed by atoms with E-state index in [1.165, 1.54) is 64.5 Å². The molecule has 2 fully saturated rings. The average Bonchev–Trinajstić information content (AvgIpc) is 2.68. The highest BCUT2D eigenvalue weighted by molar-refractivity contribution is 5.84. The fourth-order valence-electron chi connectivity index (χ4n) is 4.06. The summed E-state index contributed by atoms with van der Waals surface area (Å²) in [7, 11) is 3.52. The number of guanidine groups is 1. The maximum Gasteiger partial charge on any atom is 0.243 e. The lowest BCUT2D eigenvalue weighted by atomic mass is 9.79. The van der Waals surface area contributed by atoms with Crippen LogP contribution in [0.3, 0.4) is 0 Å². The lowest BCUT2D eigenvalue weighted by Gasteiger charge is -2.48. The van der Waals surface area contributed by atoms with Gasteiger partial charge in [-0.25, -0.2) is 4.99 Å². The maximum absolute atomic E-state index is 11.9. The van der Waals surface area contributed by atoms with Crippen molar-refractivity contribution >= 4 is 11.9 Å². The predicted octanol–water partition coefficient (Wildman–Crippen LogP) is 1.98. The summed E-state index contributed by atoms with van der Waals surface area (Å²) < 4.78 is 0. The number of likely N-dealkylation sites (tertiary alicyclic amines) is 1. The number of hydrogen-bond donors (Lipinski definition) is 2. The van der Waals surface area contributed by atoms with Gasteiger partial charge >= 0.3 is 0 Å². The largest absolute Gasteiger partial charge is 0.355 e. The highest BCUT2D eigenvalue weighted by atomic mass is 16.2. The van der Waals surface area contributed by atoms with Crippen molar-refractivity contribution in [3.05, 3.63) is 12.7 Å². The van der Waals surface area contributed by atoms with Crippen molar-refractivity contribution in [1.82, 2.24) is 20.4 Å². The van der Waals surface area contributed by atoms with Crippen molar-refractivity contribution < 1.29 is 4.79 Å². The van der Waals surface area contributed by atoms with Crippen molar-refractivity contribution in [2.75, 3.05) is 46.8 Å². The number of piperidine rings is 1. The molecular weight excluding hydrogens is 326 g/mol. The van der Waals surface area contributed by atoms with Crippen LogP contribution in [-0.2, 0) is 4.79 Å². The van der Waals surface area contributed by atoms with Crippen molar-refractivity contribution in [3.8, 4) is 0 Å². The van der Waals surface area contributed by atoms with E-state index in [0.717, 1.165) is 6.54 Å². The van der Waals surface area contributed by atoms with Crippen LogP contribution in [0.2, 0.25) is 0 Å². The van der Waals surface area contributed by atoms with Crippen LogP contribution in [0.25, 0.3) is 0 Å². The first-order valence-corrected chi connectivity index (χ1v) is 10.2. The predicted molar refractivity (Wildman–Crippen MR) is 108 cm³/mol. The van der Waals surface area contributed by atoms with E-state index in [4.69, 9.17) is 0 Å². The van der Waals surface area contributed by atoms with Gasteiger partial charge in [0, 0.05) is 32.7 Å². The summed E-state index contributed by atoms with van der Waals surface area (Å²) in [5.74, 6) is 0.718. The van der Waals surface area contributed by atoms with E-state index in [2.05, 4.69) is 27.1 Å². The summed E-state index contributed by atoms with van der Waals surface area (Å²) in [5, 5.41) is 6.79. The molecule has 0 aromatic carbocycles. The molecule has 6 nitrogen and oxygen atoms in total. The normalized spacial score (nSPS) is 21.1. The number of aliphatic imine (C=N–C) groups is 1. The molecule has 2 aliphatic rings. The van der Waals surface area contributed by atoms with Gasteiger partial charge in [0.1, 0.15) is 6.54 Å². The van der Waals surface area contributed by atoms with E-state index in [1.54, 1.807) is 19.0 Å². The minimum Gasteiger partial charge on any atom is -0.355 e. The molecule has 0 aromatic rings. The van der Waals surface area contributed by atoms with Gasteiger partial charge in [-0.3, -0.25) is 9.69 Å². The Morgan fingerprint density at radius 3 is 2.38 bits per heavy atom. The van der Waals surface area contributed by atoms with Crippen LogP contribution in [0.4, 0.5) is 0 Å². The Kier molecular flexibility index (Phi) is 8.42. The topological polar surface area (TPSA) is 60.0 Å². The van der Waals surface area contributed by atoms with Gasteiger partial charge in [-0.1, -0.05) is 31.8 Å². The fraction of sp³-hybridized carbons (Fsp3) is 0.800. The Bertz CT molecular complexity index is 477. The highest BCUT2D eigenvalue weighted by Crippen LogP contribution is 2.35. The van der Waals surface area contributed by atoms with E-state index in [9.17, 15) is 4.79 Å². The van der Waals surface area contributed by atoms with E-state index in [0.29, 0.717) is 12.5 Å². The number of amides is 1. The van der Waals surface area contributed by atoms with Gasteiger partial charge < -0.3 is 15.5 Å². The lowest BCUT2D eigenvalue weighted by molar-refractivity contribution is -0.127. The standard InChI is InChI=1S/C20H37N5O/c1-4-13-21-19(22-16-18(26)24(2)3)23-17-20(11-7-5-8-12-20)25-14-9-6-10-15-25/h4H,1,5-17H2,2-3H3,(H2,21,22,23). The quantitative estimate of drug-likeness (QED) is 0.413. The van der Waals surface area contributed by atoms with Crippen molar-refractivity contribution in [2.45, 2.75) is 56.9 Å². The number of nitrogens with zero attached hydrogens (tertiary/aromatic N) is 3. The van der Waals surface area contributed by atoms with Gasteiger partial charge in [0.2, 0.25) is 5.91 Å². The molecule has 0 atom stereocenters. The molecule has 6 heteroatoms.